The molecule has 0 bridgehead atoms. The molecule has 110 valence electrons. The van der Waals surface area contributed by atoms with Gasteiger partial charge in [0.05, 0.1) is 18.9 Å². The molecule has 2 saturated heterocycles. The first-order chi connectivity index (χ1) is 10.1. The molecule has 4 atom stereocenters. The minimum absolute atomic E-state index is 0.252. The van der Waals surface area contributed by atoms with E-state index in [4.69, 9.17) is 4.74 Å². The highest BCUT2D eigenvalue weighted by Gasteiger charge is 2.60. The first-order valence-corrected chi connectivity index (χ1v) is 6.76. The molecule has 2 amide bonds. The van der Waals surface area contributed by atoms with Gasteiger partial charge in [-0.15, -0.1) is 0 Å². The summed E-state index contributed by atoms with van der Waals surface area (Å²) in [5, 5.41) is 3.10. The van der Waals surface area contributed by atoms with E-state index < -0.39 is 23.8 Å². The molecular formula is C15H16N2O4. The lowest BCUT2D eigenvalue weighted by Gasteiger charge is -2.19. The summed E-state index contributed by atoms with van der Waals surface area (Å²) in [7, 11) is 2.74. The molecule has 0 aromatic heterocycles. The lowest BCUT2D eigenvalue weighted by Crippen LogP contribution is -2.42. The van der Waals surface area contributed by atoms with E-state index in [9.17, 15) is 14.4 Å². The Hall–Kier alpha value is -2.21. The van der Waals surface area contributed by atoms with Crippen molar-refractivity contribution >= 4 is 17.8 Å². The summed E-state index contributed by atoms with van der Waals surface area (Å²) in [6.45, 7) is 0. The third-order valence-corrected chi connectivity index (χ3v) is 4.31. The summed E-state index contributed by atoms with van der Waals surface area (Å²) in [6.07, 6.45) is 0. The molecule has 6 nitrogen and oxygen atoms in total. The molecule has 2 fully saturated rings. The van der Waals surface area contributed by atoms with Crippen LogP contribution in [0.25, 0.3) is 0 Å². The van der Waals surface area contributed by atoms with Gasteiger partial charge in [0.1, 0.15) is 6.04 Å². The second kappa shape index (κ2) is 4.96. The molecular weight excluding hydrogens is 272 g/mol. The number of hydrogen-bond donors (Lipinski definition) is 1. The van der Waals surface area contributed by atoms with Crippen LogP contribution in [0, 0.1) is 11.8 Å². The third kappa shape index (κ3) is 1.94. The van der Waals surface area contributed by atoms with E-state index in [2.05, 4.69) is 5.32 Å². The van der Waals surface area contributed by atoms with Crippen LogP contribution in [-0.4, -0.2) is 42.9 Å². The Labute approximate surface area is 122 Å². The van der Waals surface area contributed by atoms with Gasteiger partial charge in [-0.05, 0) is 5.56 Å². The number of esters is 1. The van der Waals surface area contributed by atoms with Crippen LogP contribution in [0.3, 0.4) is 0 Å². The quantitative estimate of drug-likeness (QED) is 0.617. The molecule has 6 heteroatoms. The number of carbonyl (C=O) groups is 3. The zero-order chi connectivity index (χ0) is 15.1. The molecule has 3 rings (SSSR count). The molecule has 0 radical (unpaired) electrons. The highest BCUT2D eigenvalue weighted by molar-refractivity contribution is 6.08. The standard InChI is InChI=1S/C15H16N2O4/c1-17-13(18)9-10(14(17)19)12(15(20)21-2)16-11(9)8-6-4-3-5-7-8/h3-7,9-12,16H,1-2H3. The van der Waals surface area contributed by atoms with Gasteiger partial charge in [0.25, 0.3) is 0 Å². The van der Waals surface area contributed by atoms with Crippen LogP contribution < -0.4 is 5.32 Å². The van der Waals surface area contributed by atoms with Gasteiger partial charge in [0, 0.05) is 13.1 Å². The Morgan fingerprint density at radius 3 is 2.38 bits per heavy atom. The molecule has 2 aliphatic heterocycles. The molecule has 0 saturated carbocycles. The van der Waals surface area contributed by atoms with Crippen molar-refractivity contribution in [1.82, 2.24) is 10.2 Å². The van der Waals surface area contributed by atoms with Crippen LogP contribution in [0.4, 0.5) is 0 Å². The van der Waals surface area contributed by atoms with E-state index in [0.29, 0.717) is 0 Å². The van der Waals surface area contributed by atoms with Crippen LogP contribution >= 0.6 is 0 Å². The number of fused-ring (bicyclic) bond motifs is 1. The fourth-order valence-electron chi connectivity index (χ4n) is 3.27. The van der Waals surface area contributed by atoms with Gasteiger partial charge in [-0.2, -0.15) is 0 Å². The van der Waals surface area contributed by atoms with E-state index in [0.717, 1.165) is 10.5 Å². The van der Waals surface area contributed by atoms with Gasteiger partial charge in [0.15, 0.2) is 0 Å². The van der Waals surface area contributed by atoms with Crippen LogP contribution in [0.5, 0.6) is 0 Å². The third-order valence-electron chi connectivity index (χ3n) is 4.31. The largest absolute Gasteiger partial charge is 0.468 e. The topological polar surface area (TPSA) is 75.7 Å². The SMILES string of the molecule is COC(=O)C1NC(c2ccccc2)C2C(=O)N(C)C(=O)C12. The van der Waals surface area contributed by atoms with E-state index in [1.165, 1.54) is 14.2 Å². The molecule has 1 aromatic carbocycles. The van der Waals surface area contributed by atoms with Gasteiger partial charge in [-0.1, -0.05) is 30.3 Å². The Morgan fingerprint density at radius 2 is 1.76 bits per heavy atom. The van der Waals surface area contributed by atoms with Gasteiger partial charge >= 0.3 is 5.97 Å². The van der Waals surface area contributed by atoms with Crippen molar-refractivity contribution in [2.24, 2.45) is 11.8 Å². The number of ether oxygens (including phenoxy) is 1. The van der Waals surface area contributed by atoms with Crippen LogP contribution in [0.1, 0.15) is 11.6 Å². The van der Waals surface area contributed by atoms with Crippen LogP contribution in [-0.2, 0) is 19.1 Å². The van der Waals surface area contributed by atoms with Gasteiger partial charge in [0.2, 0.25) is 11.8 Å². The van der Waals surface area contributed by atoms with Gasteiger partial charge in [-0.25, -0.2) is 0 Å². The summed E-state index contributed by atoms with van der Waals surface area (Å²) >= 11 is 0. The molecule has 0 spiro atoms. The zero-order valence-corrected chi connectivity index (χ0v) is 11.8. The minimum Gasteiger partial charge on any atom is -0.468 e. The predicted molar refractivity (Wildman–Crippen MR) is 72.9 cm³/mol. The van der Waals surface area contributed by atoms with Crippen LogP contribution in [0.2, 0.25) is 0 Å². The van der Waals surface area contributed by atoms with Gasteiger partial charge < -0.3 is 4.74 Å². The number of nitrogens with zero attached hydrogens (tertiary/aromatic N) is 1. The first kappa shape index (κ1) is 13.8. The van der Waals surface area contributed by atoms with E-state index in [1.54, 1.807) is 0 Å². The number of methoxy groups -OCH3 is 1. The average molecular weight is 288 g/mol. The number of rotatable bonds is 2. The Bertz CT molecular complexity index is 601. The number of benzene rings is 1. The smallest absolute Gasteiger partial charge is 0.323 e. The van der Waals surface area contributed by atoms with Gasteiger partial charge in [-0.3, -0.25) is 24.6 Å². The number of nitrogens with one attached hydrogen (secondary N) is 1. The van der Waals surface area contributed by atoms with Crippen molar-refractivity contribution in [2.75, 3.05) is 14.2 Å². The highest BCUT2D eigenvalue weighted by Crippen LogP contribution is 2.43. The number of likely N-dealkylation sites (tertiary alicyclic amines) is 1. The first-order valence-electron chi connectivity index (χ1n) is 6.76. The number of amides is 2. The number of imide groups is 1. The maximum absolute atomic E-state index is 12.4. The summed E-state index contributed by atoms with van der Waals surface area (Å²) in [5.74, 6) is -2.35. The summed E-state index contributed by atoms with van der Waals surface area (Å²) < 4.78 is 4.76. The lowest BCUT2D eigenvalue weighted by molar-refractivity contribution is -0.147. The minimum atomic E-state index is -0.786. The lowest BCUT2D eigenvalue weighted by atomic mass is 9.86. The van der Waals surface area contributed by atoms with E-state index in [-0.39, 0.29) is 17.9 Å². The van der Waals surface area contributed by atoms with Crippen molar-refractivity contribution in [3.05, 3.63) is 35.9 Å². The molecule has 1 N–H and O–H groups in total. The molecule has 21 heavy (non-hydrogen) atoms. The van der Waals surface area contributed by atoms with Crippen molar-refractivity contribution in [3.63, 3.8) is 0 Å². The highest BCUT2D eigenvalue weighted by atomic mass is 16.5. The Balaban J connectivity index is 2.02. The Kier molecular flexibility index (Phi) is 3.25. The van der Waals surface area contributed by atoms with Crippen LogP contribution in [0.15, 0.2) is 30.3 Å². The van der Waals surface area contributed by atoms with Crippen molar-refractivity contribution in [1.29, 1.82) is 0 Å². The van der Waals surface area contributed by atoms with Crippen molar-refractivity contribution in [2.45, 2.75) is 12.1 Å². The fourth-order valence-corrected chi connectivity index (χ4v) is 3.27. The second-order valence-corrected chi connectivity index (χ2v) is 5.34. The summed E-state index contributed by atoms with van der Waals surface area (Å²) in [5.41, 5.74) is 0.885. The summed E-state index contributed by atoms with van der Waals surface area (Å²) in [6, 6.07) is 8.22. The normalized spacial score (nSPS) is 31.4. The molecule has 1 aromatic rings. The maximum Gasteiger partial charge on any atom is 0.323 e. The number of carbonyl (C=O) groups excluding carboxylic acids is 3. The van der Waals surface area contributed by atoms with Crippen molar-refractivity contribution in [3.8, 4) is 0 Å². The maximum atomic E-state index is 12.4. The molecule has 2 heterocycles. The average Bonchev–Trinajstić information content (AvgIpc) is 3.01. The van der Waals surface area contributed by atoms with Crippen molar-refractivity contribution < 1.29 is 19.1 Å². The van der Waals surface area contributed by atoms with E-state index in [1.807, 2.05) is 30.3 Å². The zero-order valence-electron chi connectivity index (χ0n) is 11.8. The summed E-state index contributed by atoms with van der Waals surface area (Å²) in [4.78, 5) is 37.7. The molecule has 2 aliphatic rings. The monoisotopic (exact) mass is 288 g/mol. The number of hydrogen-bond acceptors (Lipinski definition) is 5. The van der Waals surface area contributed by atoms with E-state index >= 15 is 0 Å². The fraction of sp³-hybridized carbons (Fsp3) is 0.400. The second-order valence-electron chi connectivity index (χ2n) is 5.34. The molecule has 0 aliphatic carbocycles. The molecule has 4 unspecified atom stereocenters. The predicted octanol–water partition coefficient (Wildman–Crippen LogP) is 0.103. The Morgan fingerprint density at radius 1 is 1.14 bits per heavy atom.